The van der Waals surface area contributed by atoms with Crippen molar-refractivity contribution in [2.24, 2.45) is 0 Å². The maximum atomic E-state index is 13.1. The van der Waals surface area contributed by atoms with Gasteiger partial charge in [-0.1, -0.05) is 18.2 Å². The van der Waals surface area contributed by atoms with Gasteiger partial charge in [-0.2, -0.15) is 0 Å². The SMILES string of the molecule is COc1ccc2[nH]c3c(c2c1)CCCC3NC(=O)Cc1cn(C(C)C)c2ccccc12. The number of nitrogens with zero attached hydrogens (tertiary/aromatic N) is 1. The number of benzene rings is 2. The first-order chi connectivity index (χ1) is 15.0. The molecule has 1 atom stereocenters. The number of methoxy groups -OCH3 is 1. The molecule has 0 saturated carbocycles. The largest absolute Gasteiger partial charge is 0.497 e. The zero-order valence-corrected chi connectivity index (χ0v) is 18.4. The summed E-state index contributed by atoms with van der Waals surface area (Å²) in [5, 5.41) is 5.67. The highest BCUT2D eigenvalue weighted by Crippen LogP contribution is 2.36. The second-order valence-electron chi connectivity index (χ2n) is 8.79. The molecule has 5 heteroatoms. The summed E-state index contributed by atoms with van der Waals surface area (Å²) >= 11 is 0. The van der Waals surface area contributed by atoms with E-state index in [1.54, 1.807) is 7.11 Å². The summed E-state index contributed by atoms with van der Waals surface area (Å²) in [5.41, 5.74) is 5.82. The van der Waals surface area contributed by atoms with Crippen molar-refractivity contribution in [1.82, 2.24) is 14.9 Å². The Morgan fingerprint density at radius 1 is 1.23 bits per heavy atom. The number of hydrogen-bond donors (Lipinski definition) is 2. The third-order valence-corrected chi connectivity index (χ3v) is 6.48. The molecule has 1 unspecified atom stereocenters. The minimum Gasteiger partial charge on any atom is -0.497 e. The number of aryl methyl sites for hydroxylation is 1. The van der Waals surface area contributed by atoms with Gasteiger partial charge < -0.3 is 19.6 Å². The summed E-state index contributed by atoms with van der Waals surface area (Å²) in [7, 11) is 1.69. The fraction of sp³-hybridized carbons (Fsp3) is 0.346. The second kappa shape index (κ2) is 7.80. The zero-order valence-electron chi connectivity index (χ0n) is 18.4. The van der Waals surface area contributed by atoms with Crippen molar-refractivity contribution in [2.75, 3.05) is 7.11 Å². The number of carbonyl (C=O) groups excluding carboxylic acids is 1. The molecule has 31 heavy (non-hydrogen) atoms. The number of para-hydroxylation sites is 1. The molecular formula is C26H29N3O2. The lowest BCUT2D eigenvalue weighted by atomic mass is 9.91. The number of nitrogens with one attached hydrogen (secondary N) is 2. The third kappa shape index (κ3) is 3.48. The Kier molecular flexibility index (Phi) is 4.97. The number of H-pyrrole nitrogens is 1. The number of carbonyl (C=O) groups is 1. The molecule has 0 fully saturated rings. The van der Waals surface area contributed by atoms with Crippen molar-refractivity contribution in [3.8, 4) is 5.75 Å². The summed E-state index contributed by atoms with van der Waals surface area (Å²) in [5.74, 6) is 0.933. The Morgan fingerprint density at radius 2 is 2.06 bits per heavy atom. The van der Waals surface area contributed by atoms with Gasteiger partial charge in [-0.3, -0.25) is 4.79 Å². The molecule has 1 amide bonds. The molecule has 1 aliphatic rings. The van der Waals surface area contributed by atoms with Gasteiger partial charge in [0.1, 0.15) is 5.75 Å². The van der Waals surface area contributed by atoms with Crippen LogP contribution in [0.15, 0.2) is 48.7 Å². The minimum atomic E-state index is 0.0214. The maximum Gasteiger partial charge on any atom is 0.225 e. The van der Waals surface area contributed by atoms with Crippen LogP contribution in [0, 0.1) is 0 Å². The van der Waals surface area contributed by atoms with Gasteiger partial charge in [-0.15, -0.1) is 0 Å². The quantitative estimate of drug-likeness (QED) is 0.455. The maximum absolute atomic E-state index is 13.1. The molecule has 1 aliphatic carbocycles. The Hall–Kier alpha value is -3.21. The number of amides is 1. The molecule has 160 valence electrons. The normalized spacial score (nSPS) is 16.1. The first-order valence-electron chi connectivity index (χ1n) is 11.1. The summed E-state index contributed by atoms with van der Waals surface area (Å²) in [6, 6.07) is 14.8. The lowest BCUT2D eigenvalue weighted by Crippen LogP contribution is -2.32. The molecule has 0 saturated heterocycles. The van der Waals surface area contributed by atoms with E-state index < -0.39 is 0 Å². The van der Waals surface area contributed by atoms with Gasteiger partial charge in [0.15, 0.2) is 0 Å². The number of aromatic amines is 1. The van der Waals surface area contributed by atoms with Crippen LogP contribution in [0.1, 0.15) is 55.6 Å². The molecule has 2 aromatic heterocycles. The minimum absolute atomic E-state index is 0.0214. The van der Waals surface area contributed by atoms with Crippen molar-refractivity contribution < 1.29 is 9.53 Å². The van der Waals surface area contributed by atoms with Gasteiger partial charge in [-0.25, -0.2) is 0 Å². The van der Waals surface area contributed by atoms with Crippen molar-refractivity contribution >= 4 is 27.7 Å². The fourth-order valence-corrected chi connectivity index (χ4v) is 4.98. The summed E-state index contributed by atoms with van der Waals surface area (Å²) < 4.78 is 7.66. The average Bonchev–Trinajstić information content (AvgIpc) is 3.33. The van der Waals surface area contributed by atoms with E-state index in [-0.39, 0.29) is 11.9 Å². The van der Waals surface area contributed by atoms with E-state index in [4.69, 9.17) is 4.74 Å². The van der Waals surface area contributed by atoms with Crippen molar-refractivity contribution in [2.45, 2.75) is 51.6 Å². The van der Waals surface area contributed by atoms with Crippen molar-refractivity contribution in [1.29, 1.82) is 0 Å². The van der Waals surface area contributed by atoms with Gasteiger partial charge in [0.2, 0.25) is 5.91 Å². The van der Waals surface area contributed by atoms with E-state index in [1.807, 2.05) is 12.1 Å². The van der Waals surface area contributed by atoms with Crippen LogP contribution in [-0.4, -0.2) is 22.6 Å². The Labute approximate surface area is 182 Å². The first-order valence-corrected chi connectivity index (χ1v) is 11.1. The lowest BCUT2D eigenvalue weighted by Gasteiger charge is -2.24. The highest BCUT2D eigenvalue weighted by Gasteiger charge is 2.26. The smallest absolute Gasteiger partial charge is 0.225 e. The van der Waals surface area contributed by atoms with Crippen LogP contribution in [0.3, 0.4) is 0 Å². The van der Waals surface area contributed by atoms with Crippen LogP contribution in [0.2, 0.25) is 0 Å². The summed E-state index contributed by atoms with van der Waals surface area (Å²) in [6.45, 7) is 4.34. The third-order valence-electron chi connectivity index (χ3n) is 6.48. The van der Waals surface area contributed by atoms with Crippen LogP contribution < -0.4 is 10.1 Å². The molecule has 2 aromatic carbocycles. The van der Waals surface area contributed by atoms with E-state index in [1.165, 1.54) is 16.5 Å². The molecule has 0 spiro atoms. The van der Waals surface area contributed by atoms with Gasteiger partial charge in [0.05, 0.1) is 19.6 Å². The van der Waals surface area contributed by atoms with Gasteiger partial charge >= 0.3 is 0 Å². The highest BCUT2D eigenvalue weighted by molar-refractivity contribution is 5.90. The topological polar surface area (TPSA) is 59.0 Å². The summed E-state index contributed by atoms with van der Waals surface area (Å²) in [6.07, 6.45) is 5.57. The highest BCUT2D eigenvalue weighted by atomic mass is 16.5. The molecule has 5 rings (SSSR count). The van der Waals surface area contributed by atoms with Crippen LogP contribution in [0.4, 0.5) is 0 Å². The van der Waals surface area contributed by atoms with E-state index in [0.717, 1.165) is 47.2 Å². The number of fused-ring (bicyclic) bond motifs is 4. The monoisotopic (exact) mass is 415 g/mol. The Morgan fingerprint density at radius 3 is 2.87 bits per heavy atom. The number of aromatic nitrogens is 2. The standard InChI is InChI=1S/C26H29N3O2/c1-16(2)29-15-17(19-7-4-5-10-24(19)29)13-25(30)27-23-9-6-8-20-21-14-18(31-3)11-12-22(21)28-26(20)23/h4-5,7,10-12,14-16,23,28H,6,8-9,13H2,1-3H3,(H,27,30). The predicted octanol–water partition coefficient (Wildman–Crippen LogP) is 5.45. The van der Waals surface area contributed by atoms with Gasteiger partial charge in [0.25, 0.3) is 0 Å². The molecule has 2 N–H and O–H groups in total. The molecule has 5 nitrogen and oxygen atoms in total. The summed E-state index contributed by atoms with van der Waals surface area (Å²) in [4.78, 5) is 16.6. The molecule has 0 radical (unpaired) electrons. The molecule has 2 heterocycles. The number of hydrogen-bond acceptors (Lipinski definition) is 2. The van der Waals surface area contributed by atoms with Gasteiger partial charge in [-0.05, 0) is 68.5 Å². The van der Waals surface area contributed by atoms with Crippen LogP contribution in [0.25, 0.3) is 21.8 Å². The molecule has 0 aliphatic heterocycles. The fourth-order valence-electron chi connectivity index (χ4n) is 4.98. The van der Waals surface area contributed by atoms with Gasteiger partial charge in [0, 0.05) is 39.7 Å². The van der Waals surface area contributed by atoms with E-state index >= 15 is 0 Å². The van der Waals surface area contributed by atoms with Crippen LogP contribution >= 0.6 is 0 Å². The zero-order chi connectivity index (χ0) is 21.5. The van der Waals surface area contributed by atoms with Crippen LogP contribution in [0.5, 0.6) is 5.75 Å². The van der Waals surface area contributed by atoms with E-state index in [9.17, 15) is 4.79 Å². The van der Waals surface area contributed by atoms with E-state index in [2.05, 4.69) is 65.2 Å². The predicted molar refractivity (Wildman–Crippen MR) is 125 cm³/mol. The first kappa shape index (κ1) is 19.7. The number of rotatable bonds is 5. The van der Waals surface area contributed by atoms with Crippen molar-refractivity contribution in [3.05, 3.63) is 65.5 Å². The van der Waals surface area contributed by atoms with Crippen molar-refractivity contribution in [3.63, 3.8) is 0 Å². The van der Waals surface area contributed by atoms with E-state index in [0.29, 0.717) is 12.5 Å². The molecular weight excluding hydrogens is 386 g/mol. The Bertz CT molecular complexity index is 1260. The number of ether oxygens (including phenoxy) is 1. The Balaban J connectivity index is 1.41. The second-order valence-corrected chi connectivity index (χ2v) is 8.79. The molecule has 4 aromatic rings. The van der Waals surface area contributed by atoms with Crippen LogP contribution in [-0.2, 0) is 17.6 Å². The molecule has 0 bridgehead atoms. The average molecular weight is 416 g/mol. The lowest BCUT2D eigenvalue weighted by molar-refractivity contribution is -0.121.